The number of fused-ring (bicyclic) bond motifs is 1. The summed E-state index contributed by atoms with van der Waals surface area (Å²) in [5.74, 6) is 0.761. The fourth-order valence-electron chi connectivity index (χ4n) is 5.97. The lowest BCUT2D eigenvalue weighted by Crippen LogP contribution is -2.13. The summed E-state index contributed by atoms with van der Waals surface area (Å²) in [6.45, 7) is 5.87. The number of alkyl halides is 3. The number of aliphatic hydroxyl groups is 1. The molecule has 3 aromatic heterocycles. The molecule has 0 aliphatic rings. The number of anilines is 1. The predicted octanol–water partition coefficient (Wildman–Crippen LogP) is 9.24. The fraction of sp³-hybridized carbons (Fsp3) is 0.154. The van der Waals surface area contributed by atoms with E-state index in [9.17, 15) is 18.3 Å². The molecule has 246 valence electrons. The number of rotatable bonds is 8. The van der Waals surface area contributed by atoms with Gasteiger partial charge in [0.15, 0.2) is 6.23 Å². The zero-order valence-electron chi connectivity index (χ0n) is 27.1. The molecule has 49 heavy (non-hydrogen) atoms. The van der Waals surface area contributed by atoms with Gasteiger partial charge in [-0.3, -0.25) is 0 Å². The van der Waals surface area contributed by atoms with Gasteiger partial charge >= 0.3 is 6.18 Å². The first-order valence-corrected chi connectivity index (χ1v) is 15.9. The van der Waals surface area contributed by atoms with E-state index in [0.29, 0.717) is 11.4 Å². The minimum Gasteiger partial charge on any atom is -0.369 e. The van der Waals surface area contributed by atoms with Gasteiger partial charge in [-0.1, -0.05) is 61.0 Å². The average molecular weight is 659 g/mol. The molecule has 4 aromatic carbocycles. The van der Waals surface area contributed by atoms with Crippen LogP contribution in [0.2, 0.25) is 0 Å². The molecule has 0 saturated heterocycles. The van der Waals surface area contributed by atoms with Crippen molar-refractivity contribution in [2.75, 3.05) is 5.32 Å². The molecule has 1 unspecified atom stereocenters. The van der Waals surface area contributed by atoms with Gasteiger partial charge in [-0.15, -0.1) is 0 Å². The molecule has 7 rings (SSSR count). The quantitative estimate of drug-likeness (QED) is 0.159. The van der Waals surface area contributed by atoms with Crippen molar-refractivity contribution in [1.29, 1.82) is 0 Å². The lowest BCUT2D eigenvalue weighted by atomic mass is 10.00. The van der Waals surface area contributed by atoms with E-state index in [-0.39, 0.29) is 11.3 Å². The summed E-state index contributed by atoms with van der Waals surface area (Å²) in [4.78, 5) is 13.1. The van der Waals surface area contributed by atoms with Crippen LogP contribution in [-0.4, -0.2) is 29.2 Å². The summed E-state index contributed by atoms with van der Waals surface area (Å²) in [7, 11) is 0. The maximum Gasteiger partial charge on any atom is 0.416 e. The highest BCUT2D eigenvalue weighted by Gasteiger charge is 2.32. The van der Waals surface area contributed by atoms with E-state index in [2.05, 4.69) is 81.3 Å². The predicted molar refractivity (Wildman–Crippen MR) is 186 cm³/mol. The molecule has 0 spiro atoms. The largest absolute Gasteiger partial charge is 0.416 e. The molecule has 0 radical (unpaired) electrons. The Hall–Kier alpha value is -5.74. The maximum absolute atomic E-state index is 13.9. The molecule has 0 aliphatic heterocycles. The van der Waals surface area contributed by atoms with E-state index < -0.39 is 18.0 Å². The van der Waals surface area contributed by atoms with Crippen molar-refractivity contribution in [2.24, 2.45) is 0 Å². The van der Waals surface area contributed by atoms with Crippen LogP contribution >= 0.6 is 0 Å². The number of hydrogen-bond donors (Lipinski definition) is 2. The highest BCUT2D eigenvalue weighted by atomic mass is 19.4. The number of aryl methyl sites for hydroxylation is 3. The normalized spacial score (nSPS) is 12.4. The molecular weight excluding hydrogens is 625 g/mol. The van der Waals surface area contributed by atoms with Crippen LogP contribution in [0.5, 0.6) is 0 Å². The van der Waals surface area contributed by atoms with Crippen LogP contribution in [0.15, 0.2) is 116 Å². The van der Waals surface area contributed by atoms with Gasteiger partial charge in [0, 0.05) is 52.0 Å². The second-order valence-electron chi connectivity index (χ2n) is 12.1. The maximum atomic E-state index is 13.9. The van der Waals surface area contributed by atoms with Crippen molar-refractivity contribution in [3.63, 3.8) is 0 Å². The second-order valence-corrected chi connectivity index (χ2v) is 12.1. The third-order valence-electron chi connectivity index (χ3n) is 8.58. The van der Waals surface area contributed by atoms with Crippen LogP contribution in [0.3, 0.4) is 0 Å². The number of imidazole rings is 1. The third-order valence-corrected chi connectivity index (χ3v) is 8.58. The average Bonchev–Trinajstić information content (AvgIpc) is 3.72. The minimum absolute atomic E-state index is 0.0702. The van der Waals surface area contributed by atoms with Gasteiger partial charge < -0.3 is 19.6 Å². The third kappa shape index (κ3) is 6.55. The Labute approximate surface area is 281 Å². The van der Waals surface area contributed by atoms with E-state index in [4.69, 9.17) is 0 Å². The Morgan fingerprint density at radius 2 is 1.59 bits per heavy atom. The summed E-state index contributed by atoms with van der Waals surface area (Å²) in [5, 5.41) is 15.2. The Kier molecular flexibility index (Phi) is 8.25. The lowest BCUT2D eigenvalue weighted by Gasteiger charge is -2.19. The number of halogens is 3. The number of nitrogens with one attached hydrogen (secondary N) is 1. The smallest absolute Gasteiger partial charge is 0.369 e. The van der Waals surface area contributed by atoms with Crippen molar-refractivity contribution in [3.8, 4) is 33.8 Å². The van der Waals surface area contributed by atoms with E-state index >= 15 is 0 Å². The van der Waals surface area contributed by atoms with E-state index in [1.165, 1.54) is 22.5 Å². The SMILES string of the molecule is CCc1cc(-n2cc(-c3ccc(C)cc3)c3ccc(-c4cccc(NC(O)c5cc(-n6cnc(C)c6)cc(C(F)(F)F)c5)c4)cc32)ncn1. The van der Waals surface area contributed by atoms with Gasteiger partial charge in [0.1, 0.15) is 12.1 Å². The monoisotopic (exact) mass is 658 g/mol. The first kappa shape index (κ1) is 31.8. The van der Waals surface area contributed by atoms with Crippen LogP contribution in [-0.2, 0) is 12.6 Å². The molecule has 0 saturated carbocycles. The van der Waals surface area contributed by atoms with Gasteiger partial charge in [-0.05, 0) is 73.4 Å². The first-order chi connectivity index (χ1) is 23.6. The highest BCUT2D eigenvalue weighted by Crippen LogP contribution is 2.37. The van der Waals surface area contributed by atoms with Crippen LogP contribution in [0.25, 0.3) is 44.7 Å². The number of aromatic nitrogens is 5. The summed E-state index contributed by atoms with van der Waals surface area (Å²) >= 11 is 0. The van der Waals surface area contributed by atoms with Crippen molar-refractivity contribution in [2.45, 2.75) is 39.6 Å². The van der Waals surface area contributed by atoms with Crippen LogP contribution in [0.4, 0.5) is 18.9 Å². The van der Waals surface area contributed by atoms with E-state index in [1.54, 1.807) is 25.5 Å². The molecule has 0 fully saturated rings. The second kappa shape index (κ2) is 12.7. The van der Waals surface area contributed by atoms with Crippen molar-refractivity contribution >= 4 is 16.6 Å². The summed E-state index contributed by atoms with van der Waals surface area (Å²) < 4.78 is 45.2. The first-order valence-electron chi connectivity index (χ1n) is 15.9. The Morgan fingerprint density at radius 3 is 2.33 bits per heavy atom. The molecule has 0 amide bonds. The molecule has 10 heteroatoms. The van der Waals surface area contributed by atoms with E-state index in [1.807, 2.05) is 30.3 Å². The van der Waals surface area contributed by atoms with Crippen LogP contribution in [0.1, 0.15) is 41.2 Å². The van der Waals surface area contributed by atoms with Crippen molar-refractivity contribution in [1.82, 2.24) is 24.1 Å². The molecule has 3 heterocycles. The number of nitrogens with zero attached hydrogens (tertiary/aromatic N) is 5. The molecule has 7 aromatic rings. The van der Waals surface area contributed by atoms with Gasteiger partial charge in [-0.2, -0.15) is 13.2 Å². The molecule has 0 aliphatic carbocycles. The molecule has 1 atom stereocenters. The summed E-state index contributed by atoms with van der Waals surface area (Å²) in [6, 6.07) is 27.6. The van der Waals surface area contributed by atoms with Crippen molar-refractivity contribution < 1.29 is 18.3 Å². The molecule has 2 N–H and O–H groups in total. The summed E-state index contributed by atoms with van der Waals surface area (Å²) in [5.41, 5.74) is 7.67. The van der Waals surface area contributed by atoms with Gasteiger partial charge in [-0.25, -0.2) is 15.0 Å². The Bertz CT molecular complexity index is 2290. The zero-order valence-corrected chi connectivity index (χ0v) is 27.1. The Balaban J connectivity index is 1.25. The van der Waals surface area contributed by atoms with Gasteiger partial charge in [0.2, 0.25) is 0 Å². The molecule has 7 nitrogen and oxygen atoms in total. The van der Waals surface area contributed by atoms with E-state index in [0.717, 1.165) is 63.2 Å². The molecular formula is C39H33F3N6O. The standard InChI is InChI=1S/C39H33F3N6O/c1-4-31-19-37(44-22-43-31)48-21-35(26-10-8-24(2)9-11-26)34-13-12-28(17-36(34)48)27-6-5-7-32(15-27)46-38(49)29-14-30(39(40,41)42)18-33(16-29)47-20-25(3)45-23-47/h5-23,38,46,49H,4H2,1-3H3. The highest BCUT2D eigenvalue weighted by molar-refractivity contribution is 5.99. The van der Waals surface area contributed by atoms with Crippen LogP contribution < -0.4 is 5.32 Å². The van der Waals surface area contributed by atoms with Gasteiger partial charge in [0.25, 0.3) is 0 Å². The fourth-order valence-corrected chi connectivity index (χ4v) is 5.97. The number of hydrogen-bond acceptors (Lipinski definition) is 5. The van der Waals surface area contributed by atoms with Crippen LogP contribution in [0, 0.1) is 13.8 Å². The van der Waals surface area contributed by atoms with Gasteiger partial charge in [0.05, 0.1) is 23.1 Å². The lowest BCUT2D eigenvalue weighted by molar-refractivity contribution is -0.137. The van der Waals surface area contributed by atoms with Crippen molar-refractivity contribution in [3.05, 3.63) is 144 Å². The zero-order chi connectivity index (χ0) is 34.3. The minimum atomic E-state index is -4.60. The number of benzene rings is 4. The Morgan fingerprint density at radius 1 is 0.816 bits per heavy atom. The number of aliphatic hydroxyl groups excluding tert-OH is 1. The molecule has 0 bridgehead atoms. The summed E-state index contributed by atoms with van der Waals surface area (Å²) in [6.07, 6.45) is 1.53. The topological polar surface area (TPSA) is 80.8 Å².